The standard InChI is InChI=1S/C19H25N3OS/c1-15-3-4-18(24-15)13-19(23)21(2)17-7-11-22(12-8-17)14-16-5-9-20-10-6-16/h3-6,9-10,17H,7-8,11-14H2,1-2H3. The molecule has 1 fully saturated rings. The molecule has 0 radical (unpaired) electrons. The number of likely N-dealkylation sites (N-methyl/N-ethyl adjacent to an activating group) is 1. The van der Waals surface area contributed by atoms with Crippen LogP contribution < -0.4 is 0 Å². The number of thiophene rings is 1. The van der Waals surface area contributed by atoms with Crippen molar-refractivity contribution >= 4 is 17.2 Å². The second kappa shape index (κ2) is 7.90. The number of piperidine rings is 1. The van der Waals surface area contributed by atoms with E-state index in [9.17, 15) is 4.79 Å². The summed E-state index contributed by atoms with van der Waals surface area (Å²) in [6.07, 6.45) is 6.33. The zero-order valence-corrected chi connectivity index (χ0v) is 15.3. The molecule has 128 valence electrons. The molecule has 5 heteroatoms. The van der Waals surface area contributed by atoms with Gasteiger partial charge in [0.2, 0.25) is 5.91 Å². The second-order valence-corrected chi connectivity index (χ2v) is 7.93. The van der Waals surface area contributed by atoms with E-state index in [1.54, 1.807) is 11.3 Å². The molecule has 0 spiro atoms. The van der Waals surface area contributed by atoms with Crippen molar-refractivity contribution in [1.29, 1.82) is 0 Å². The Labute approximate surface area is 148 Å². The van der Waals surface area contributed by atoms with Gasteiger partial charge >= 0.3 is 0 Å². The highest BCUT2D eigenvalue weighted by Crippen LogP contribution is 2.20. The van der Waals surface area contributed by atoms with Crippen LogP contribution in [0.25, 0.3) is 0 Å². The quantitative estimate of drug-likeness (QED) is 0.837. The van der Waals surface area contributed by atoms with Crippen LogP contribution in [-0.2, 0) is 17.8 Å². The molecule has 1 aliphatic rings. The fraction of sp³-hybridized carbons (Fsp3) is 0.474. The SMILES string of the molecule is Cc1ccc(CC(=O)N(C)C2CCN(Cc3ccncc3)CC2)s1. The van der Waals surface area contributed by atoms with E-state index in [4.69, 9.17) is 0 Å². The predicted octanol–water partition coefficient (Wildman–Crippen LogP) is 3.12. The molecule has 3 rings (SSSR count). The summed E-state index contributed by atoms with van der Waals surface area (Å²) in [5.41, 5.74) is 1.31. The van der Waals surface area contributed by atoms with Crippen LogP contribution in [0.5, 0.6) is 0 Å². The molecule has 0 atom stereocenters. The van der Waals surface area contributed by atoms with Gasteiger partial charge < -0.3 is 4.90 Å². The van der Waals surface area contributed by atoms with Gasteiger partial charge in [0, 0.05) is 54.9 Å². The molecule has 0 unspecified atom stereocenters. The number of likely N-dealkylation sites (tertiary alicyclic amines) is 1. The molecule has 0 aliphatic carbocycles. The molecule has 0 bridgehead atoms. The van der Waals surface area contributed by atoms with Crippen molar-refractivity contribution in [3.8, 4) is 0 Å². The van der Waals surface area contributed by atoms with Gasteiger partial charge in [-0.3, -0.25) is 14.7 Å². The Balaban J connectivity index is 1.47. The summed E-state index contributed by atoms with van der Waals surface area (Å²) in [4.78, 5) is 23.4. The number of hydrogen-bond donors (Lipinski definition) is 0. The average Bonchev–Trinajstić information content (AvgIpc) is 3.00. The minimum Gasteiger partial charge on any atom is -0.342 e. The first-order valence-electron chi connectivity index (χ1n) is 8.54. The van der Waals surface area contributed by atoms with Gasteiger partial charge in [0.1, 0.15) is 0 Å². The van der Waals surface area contributed by atoms with Gasteiger partial charge in [0.15, 0.2) is 0 Å². The van der Waals surface area contributed by atoms with Crippen molar-refractivity contribution in [3.05, 3.63) is 52.0 Å². The molecule has 2 aromatic heterocycles. The van der Waals surface area contributed by atoms with Crippen LogP contribution in [-0.4, -0.2) is 46.9 Å². The van der Waals surface area contributed by atoms with Gasteiger partial charge in [0.25, 0.3) is 0 Å². The molecule has 4 nitrogen and oxygen atoms in total. The summed E-state index contributed by atoms with van der Waals surface area (Å²) in [6.45, 7) is 5.15. The maximum atomic E-state index is 12.5. The normalized spacial score (nSPS) is 16.2. The number of hydrogen-bond acceptors (Lipinski definition) is 4. The van der Waals surface area contributed by atoms with Gasteiger partial charge in [-0.1, -0.05) is 0 Å². The van der Waals surface area contributed by atoms with Gasteiger partial charge in [-0.05, 0) is 49.6 Å². The van der Waals surface area contributed by atoms with Gasteiger partial charge in [-0.15, -0.1) is 11.3 Å². The summed E-state index contributed by atoms with van der Waals surface area (Å²) in [7, 11) is 1.96. The van der Waals surface area contributed by atoms with Crippen molar-refractivity contribution in [2.75, 3.05) is 20.1 Å². The predicted molar refractivity (Wildman–Crippen MR) is 98.1 cm³/mol. The van der Waals surface area contributed by atoms with E-state index in [0.29, 0.717) is 12.5 Å². The largest absolute Gasteiger partial charge is 0.342 e. The second-order valence-electron chi connectivity index (χ2n) is 6.56. The Hall–Kier alpha value is -1.72. The summed E-state index contributed by atoms with van der Waals surface area (Å²) in [6, 6.07) is 8.68. The lowest BCUT2D eigenvalue weighted by atomic mass is 10.0. The van der Waals surface area contributed by atoms with E-state index < -0.39 is 0 Å². The minimum atomic E-state index is 0.240. The molecule has 24 heavy (non-hydrogen) atoms. The van der Waals surface area contributed by atoms with Crippen molar-refractivity contribution in [1.82, 2.24) is 14.8 Å². The van der Waals surface area contributed by atoms with Crippen LogP contribution in [0.3, 0.4) is 0 Å². The highest BCUT2D eigenvalue weighted by Gasteiger charge is 2.25. The number of aryl methyl sites for hydroxylation is 1. The van der Waals surface area contributed by atoms with Crippen molar-refractivity contribution in [3.63, 3.8) is 0 Å². The zero-order chi connectivity index (χ0) is 16.9. The van der Waals surface area contributed by atoms with E-state index in [1.165, 1.54) is 15.3 Å². The van der Waals surface area contributed by atoms with Gasteiger partial charge in [0.05, 0.1) is 6.42 Å². The van der Waals surface area contributed by atoms with Crippen LogP contribution in [0.15, 0.2) is 36.7 Å². The Morgan fingerprint density at radius 1 is 1.25 bits per heavy atom. The lowest BCUT2D eigenvalue weighted by molar-refractivity contribution is -0.132. The number of carbonyl (C=O) groups is 1. The first-order valence-corrected chi connectivity index (χ1v) is 9.35. The van der Waals surface area contributed by atoms with Crippen LogP contribution in [0.2, 0.25) is 0 Å². The first-order chi connectivity index (χ1) is 11.6. The molecule has 1 aliphatic heterocycles. The third kappa shape index (κ3) is 4.42. The third-order valence-corrected chi connectivity index (χ3v) is 5.78. The van der Waals surface area contributed by atoms with Crippen LogP contribution in [0.1, 0.15) is 28.2 Å². The Morgan fingerprint density at radius 2 is 1.96 bits per heavy atom. The molecular formula is C19H25N3OS. The number of pyridine rings is 1. The number of nitrogens with zero attached hydrogens (tertiary/aromatic N) is 3. The van der Waals surface area contributed by atoms with E-state index in [2.05, 4.69) is 41.1 Å². The molecule has 0 N–H and O–H groups in total. The van der Waals surface area contributed by atoms with Gasteiger partial charge in [-0.2, -0.15) is 0 Å². The fourth-order valence-corrected chi connectivity index (χ4v) is 4.15. The van der Waals surface area contributed by atoms with Crippen molar-refractivity contribution < 1.29 is 4.79 Å². The molecule has 0 aromatic carbocycles. The minimum absolute atomic E-state index is 0.240. The molecule has 0 saturated carbocycles. The molecule has 1 saturated heterocycles. The Bertz CT molecular complexity index is 662. The fourth-order valence-electron chi connectivity index (χ4n) is 3.27. The van der Waals surface area contributed by atoms with Crippen molar-refractivity contribution in [2.24, 2.45) is 0 Å². The Kier molecular flexibility index (Phi) is 5.63. The summed E-state index contributed by atoms with van der Waals surface area (Å²) in [5.74, 6) is 0.240. The zero-order valence-electron chi connectivity index (χ0n) is 14.4. The molecule has 1 amide bonds. The maximum Gasteiger partial charge on any atom is 0.227 e. The van der Waals surface area contributed by atoms with E-state index in [1.807, 2.05) is 24.3 Å². The first kappa shape index (κ1) is 17.1. The highest BCUT2D eigenvalue weighted by atomic mass is 32.1. The Morgan fingerprint density at radius 3 is 2.58 bits per heavy atom. The van der Waals surface area contributed by atoms with E-state index in [0.717, 1.165) is 32.5 Å². The third-order valence-electron chi connectivity index (χ3n) is 4.78. The number of carbonyl (C=O) groups excluding carboxylic acids is 1. The van der Waals surface area contributed by atoms with Crippen molar-refractivity contribution in [2.45, 2.75) is 38.8 Å². The van der Waals surface area contributed by atoms with Crippen LogP contribution in [0, 0.1) is 6.92 Å². The van der Waals surface area contributed by atoms with Crippen LogP contribution >= 0.6 is 11.3 Å². The molecular weight excluding hydrogens is 318 g/mol. The number of aromatic nitrogens is 1. The smallest absolute Gasteiger partial charge is 0.227 e. The van der Waals surface area contributed by atoms with E-state index in [-0.39, 0.29) is 5.91 Å². The lowest BCUT2D eigenvalue weighted by Crippen LogP contribution is -2.45. The number of rotatable bonds is 5. The molecule has 2 aromatic rings. The summed E-state index contributed by atoms with van der Waals surface area (Å²) in [5, 5.41) is 0. The maximum absolute atomic E-state index is 12.5. The monoisotopic (exact) mass is 343 g/mol. The molecule has 3 heterocycles. The lowest BCUT2D eigenvalue weighted by Gasteiger charge is -2.36. The summed E-state index contributed by atoms with van der Waals surface area (Å²) < 4.78 is 0. The number of amides is 1. The topological polar surface area (TPSA) is 36.4 Å². The van der Waals surface area contributed by atoms with Gasteiger partial charge in [-0.25, -0.2) is 0 Å². The van der Waals surface area contributed by atoms with E-state index >= 15 is 0 Å². The summed E-state index contributed by atoms with van der Waals surface area (Å²) >= 11 is 1.72. The highest BCUT2D eigenvalue weighted by molar-refractivity contribution is 7.12. The van der Waals surface area contributed by atoms with Crippen LogP contribution in [0.4, 0.5) is 0 Å². The average molecular weight is 343 g/mol.